The van der Waals surface area contributed by atoms with Gasteiger partial charge in [-0.05, 0) is 36.6 Å². The molecular weight excluding hydrogens is 476 g/mol. The third kappa shape index (κ3) is 4.36. The monoisotopic (exact) mass is 497 g/mol. The summed E-state index contributed by atoms with van der Waals surface area (Å²) < 4.78 is 19.8. The summed E-state index contributed by atoms with van der Waals surface area (Å²) in [5, 5.41) is 3.34. The zero-order chi connectivity index (χ0) is 15.6. The molecule has 1 aromatic carbocycles. The molecule has 1 spiro atoms. The van der Waals surface area contributed by atoms with Gasteiger partial charge in [0.25, 0.3) is 0 Å². The number of hydrogen-bond acceptors (Lipinski definition) is 2. The van der Waals surface area contributed by atoms with Crippen molar-refractivity contribution in [2.45, 2.75) is 19.4 Å². The molecule has 2 aliphatic rings. The van der Waals surface area contributed by atoms with Crippen molar-refractivity contribution < 1.29 is 9.13 Å². The molecular formula is C16H22BrFIN3O. The van der Waals surface area contributed by atoms with Gasteiger partial charge in [0.05, 0.1) is 6.61 Å². The van der Waals surface area contributed by atoms with Crippen LogP contribution >= 0.6 is 39.9 Å². The fourth-order valence-electron chi connectivity index (χ4n) is 3.27. The zero-order valence-corrected chi connectivity index (χ0v) is 17.1. The van der Waals surface area contributed by atoms with Gasteiger partial charge in [-0.3, -0.25) is 4.99 Å². The topological polar surface area (TPSA) is 36.9 Å². The molecule has 7 heteroatoms. The van der Waals surface area contributed by atoms with Crippen LogP contribution in [0.1, 0.15) is 18.4 Å². The van der Waals surface area contributed by atoms with Gasteiger partial charge >= 0.3 is 0 Å². The lowest BCUT2D eigenvalue weighted by molar-refractivity contribution is 0.156. The molecule has 2 saturated heterocycles. The number of ether oxygens (including phenoxy) is 1. The van der Waals surface area contributed by atoms with Gasteiger partial charge in [-0.1, -0.05) is 15.9 Å². The second-order valence-electron chi connectivity index (χ2n) is 6.11. The summed E-state index contributed by atoms with van der Waals surface area (Å²) >= 11 is 3.46. The molecule has 4 nitrogen and oxygen atoms in total. The number of benzene rings is 1. The van der Waals surface area contributed by atoms with Crippen molar-refractivity contribution >= 4 is 45.9 Å². The first-order valence-corrected chi connectivity index (χ1v) is 8.38. The van der Waals surface area contributed by atoms with Crippen LogP contribution in [-0.4, -0.2) is 44.2 Å². The van der Waals surface area contributed by atoms with Crippen LogP contribution in [0.5, 0.6) is 0 Å². The van der Waals surface area contributed by atoms with Crippen molar-refractivity contribution in [3.63, 3.8) is 0 Å². The Kier molecular flexibility index (Phi) is 6.67. The molecule has 1 atom stereocenters. The third-order valence-corrected chi connectivity index (χ3v) is 5.35. The fraction of sp³-hybridized carbons (Fsp3) is 0.562. The van der Waals surface area contributed by atoms with Crippen LogP contribution in [0.3, 0.4) is 0 Å². The Hall–Kier alpha value is -0.410. The molecule has 0 aromatic heterocycles. The first kappa shape index (κ1) is 18.9. The van der Waals surface area contributed by atoms with Crippen molar-refractivity contribution in [1.82, 2.24) is 10.2 Å². The highest BCUT2D eigenvalue weighted by atomic mass is 127. The number of rotatable bonds is 2. The lowest BCUT2D eigenvalue weighted by atomic mass is 9.87. The largest absolute Gasteiger partial charge is 0.381 e. The number of nitrogens with one attached hydrogen (secondary N) is 1. The van der Waals surface area contributed by atoms with Crippen LogP contribution < -0.4 is 5.32 Å². The van der Waals surface area contributed by atoms with Crippen molar-refractivity contribution in [3.05, 3.63) is 34.1 Å². The SMILES string of the molecule is CN=C(NCc1cc(F)ccc1Br)N1CCC2(CCOC2)C1.I. The number of halogens is 3. The Morgan fingerprint density at radius 2 is 2.30 bits per heavy atom. The molecule has 3 rings (SSSR count). The molecule has 0 radical (unpaired) electrons. The fourth-order valence-corrected chi connectivity index (χ4v) is 3.66. The molecule has 1 N–H and O–H groups in total. The molecule has 0 bridgehead atoms. The number of hydrogen-bond donors (Lipinski definition) is 1. The van der Waals surface area contributed by atoms with Gasteiger partial charge in [0.1, 0.15) is 5.82 Å². The van der Waals surface area contributed by atoms with E-state index >= 15 is 0 Å². The molecule has 0 saturated carbocycles. The molecule has 128 valence electrons. The molecule has 0 aliphatic carbocycles. The predicted molar refractivity (Wildman–Crippen MR) is 104 cm³/mol. The molecule has 2 fully saturated rings. The lowest BCUT2D eigenvalue weighted by Gasteiger charge is -2.25. The molecule has 1 unspecified atom stereocenters. The van der Waals surface area contributed by atoms with E-state index in [0.29, 0.717) is 12.0 Å². The van der Waals surface area contributed by atoms with Crippen LogP contribution in [-0.2, 0) is 11.3 Å². The van der Waals surface area contributed by atoms with Crippen molar-refractivity contribution in [2.75, 3.05) is 33.4 Å². The summed E-state index contributed by atoms with van der Waals surface area (Å²) in [6.45, 7) is 4.25. The van der Waals surface area contributed by atoms with Crippen molar-refractivity contribution in [3.8, 4) is 0 Å². The van der Waals surface area contributed by atoms with Gasteiger partial charge in [0, 0.05) is 43.2 Å². The Bertz CT molecular complexity index is 578. The molecule has 2 heterocycles. The predicted octanol–water partition coefficient (Wildman–Crippen LogP) is 3.39. The minimum atomic E-state index is -0.224. The van der Waals surface area contributed by atoms with E-state index in [4.69, 9.17) is 4.74 Å². The van der Waals surface area contributed by atoms with E-state index in [1.54, 1.807) is 19.2 Å². The molecule has 1 aromatic rings. The number of nitrogens with zero attached hydrogens (tertiary/aromatic N) is 2. The number of guanidine groups is 1. The lowest BCUT2D eigenvalue weighted by Crippen LogP contribution is -2.41. The molecule has 23 heavy (non-hydrogen) atoms. The maximum atomic E-state index is 13.4. The highest BCUT2D eigenvalue weighted by Gasteiger charge is 2.42. The summed E-state index contributed by atoms with van der Waals surface area (Å²) in [6, 6.07) is 4.73. The summed E-state index contributed by atoms with van der Waals surface area (Å²) in [7, 11) is 1.79. The smallest absolute Gasteiger partial charge is 0.193 e. The normalized spacial score (nSPS) is 24.1. The van der Waals surface area contributed by atoms with E-state index in [0.717, 1.165) is 55.1 Å². The van der Waals surface area contributed by atoms with Crippen LogP contribution in [0.2, 0.25) is 0 Å². The average molecular weight is 498 g/mol. The van der Waals surface area contributed by atoms with E-state index in [9.17, 15) is 4.39 Å². The quantitative estimate of drug-likeness (QED) is 0.386. The van der Waals surface area contributed by atoms with Crippen molar-refractivity contribution in [1.29, 1.82) is 0 Å². The number of aliphatic imine (C=N–C) groups is 1. The van der Waals surface area contributed by atoms with Crippen LogP contribution in [0.25, 0.3) is 0 Å². The van der Waals surface area contributed by atoms with E-state index in [-0.39, 0.29) is 29.8 Å². The molecule has 2 aliphatic heterocycles. The van der Waals surface area contributed by atoms with E-state index in [2.05, 4.69) is 31.1 Å². The first-order valence-electron chi connectivity index (χ1n) is 7.59. The standard InChI is InChI=1S/C16H21BrFN3O.HI/c1-19-15(20-9-12-8-13(18)2-3-14(12)17)21-6-4-16(10-21)5-7-22-11-16;/h2-3,8H,4-7,9-11H2,1H3,(H,19,20);1H. The average Bonchev–Trinajstić information content (AvgIpc) is 3.14. The van der Waals surface area contributed by atoms with Gasteiger partial charge in [0.2, 0.25) is 0 Å². The van der Waals surface area contributed by atoms with Gasteiger partial charge in [-0.2, -0.15) is 0 Å². The van der Waals surface area contributed by atoms with E-state index < -0.39 is 0 Å². The summed E-state index contributed by atoms with van der Waals surface area (Å²) in [5.74, 6) is 0.651. The maximum absolute atomic E-state index is 13.4. The van der Waals surface area contributed by atoms with Crippen LogP contribution in [0.15, 0.2) is 27.7 Å². The Balaban J connectivity index is 0.00000192. The molecule has 0 amide bonds. The third-order valence-electron chi connectivity index (χ3n) is 4.58. The van der Waals surface area contributed by atoms with Gasteiger partial charge in [-0.15, -0.1) is 24.0 Å². The van der Waals surface area contributed by atoms with E-state index in [1.165, 1.54) is 6.07 Å². The van der Waals surface area contributed by atoms with Gasteiger partial charge in [-0.25, -0.2) is 4.39 Å². The zero-order valence-electron chi connectivity index (χ0n) is 13.1. The van der Waals surface area contributed by atoms with Crippen LogP contribution in [0, 0.1) is 11.2 Å². The first-order chi connectivity index (χ1) is 10.6. The van der Waals surface area contributed by atoms with Gasteiger partial charge < -0.3 is 15.0 Å². The number of likely N-dealkylation sites (tertiary alicyclic amines) is 1. The summed E-state index contributed by atoms with van der Waals surface area (Å²) in [4.78, 5) is 6.65. The maximum Gasteiger partial charge on any atom is 0.193 e. The Labute approximate surface area is 162 Å². The second kappa shape index (κ2) is 8.11. The van der Waals surface area contributed by atoms with Crippen molar-refractivity contribution in [2.24, 2.45) is 10.4 Å². The van der Waals surface area contributed by atoms with Crippen LogP contribution in [0.4, 0.5) is 4.39 Å². The highest BCUT2D eigenvalue weighted by molar-refractivity contribution is 14.0. The minimum absolute atomic E-state index is 0. The highest BCUT2D eigenvalue weighted by Crippen LogP contribution is 2.38. The Morgan fingerprint density at radius 3 is 3.00 bits per heavy atom. The minimum Gasteiger partial charge on any atom is -0.381 e. The second-order valence-corrected chi connectivity index (χ2v) is 6.96. The Morgan fingerprint density at radius 1 is 1.48 bits per heavy atom. The van der Waals surface area contributed by atoms with Gasteiger partial charge in [0.15, 0.2) is 5.96 Å². The summed E-state index contributed by atoms with van der Waals surface area (Å²) in [5.41, 5.74) is 1.19. The van der Waals surface area contributed by atoms with E-state index in [1.807, 2.05) is 0 Å². The summed E-state index contributed by atoms with van der Waals surface area (Å²) in [6.07, 6.45) is 2.29.